The lowest BCUT2D eigenvalue weighted by Gasteiger charge is -2.05. The average molecular weight is 357 g/mol. The number of benzene rings is 1. The Morgan fingerprint density at radius 1 is 1.32 bits per heavy atom. The topological polar surface area (TPSA) is 77.8 Å². The molecule has 0 aliphatic heterocycles. The molecule has 1 aromatic heterocycles. The van der Waals surface area contributed by atoms with E-state index in [4.69, 9.17) is 5.26 Å². The van der Waals surface area contributed by atoms with Crippen molar-refractivity contribution in [2.45, 2.75) is 6.92 Å². The Morgan fingerprint density at radius 3 is 2.68 bits per heavy atom. The summed E-state index contributed by atoms with van der Waals surface area (Å²) in [7, 11) is 0. The summed E-state index contributed by atoms with van der Waals surface area (Å²) in [6, 6.07) is 12.6. The minimum Gasteiger partial charge on any atom is -0.345 e. The predicted molar refractivity (Wildman–Crippen MR) is 89.1 cm³/mol. The fourth-order valence-electron chi connectivity index (χ4n) is 1.64. The van der Waals surface area contributed by atoms with Crippen LogP contribution in [0.3, 0.4) is 0 Å². The maximum Gasteiger partial charge on any atom is 0.267 e. The van der Waals surface area contributed by atoms with Gasteiger partial charge in [0.25, 0.3) is 5.91 Å². The van der Waals surface area contributed by atoms with E-state index in [9.17, 15) is 4.79 Å². The van der Waals surface area contributed by atoms with Crippen LogP contribution >= 0.6 is 15.9 Å². The molecule has 5 nitrogen and oxygen atoms in total. The number of hydrogen-bond donors (Lipinski definition) is 2. The Balaban J connectivity index is 2.07. The van der Waals surface area contributed by atoms with Crippen LogP contribution in [0, 0.1) is 18.3 Å². The lowest BCUT2D eigenvalue weighted by molar-refractivity contribution is -0.112. The van der Waals surface area contributed by atoms with Crippen molar-refractivity contribution in [3.63, 3.8) is 0 Å². The summed E-state index contributed by atoms with van der Waals surface area (Å²) >= 11 is 3.32. The summed E-state index contributed by atoms with van der Waals surface area (Å²) < 4.78 is 0.911. The van der Waals surface area contributed by atoms with Crippen LogP contribution < -0.4 is 10.6 Å². The van der Waals surface area contributed by atoms with Gasteiger partial charge in [-0.3, -0.25) is 4.79 Å². The lowest BCUT2D eigenvalue weighted by atomic mass is 10.2. The minimum atomic E-state index is -0.482. The smallest absolute Gasteiger partial charge is 0.267 e. The number of anilines is 2. The van der Waals surface area contributed by atoms with Crippen LogP contribution in [0.5, 0.6) is 0 Å². The van der Waals surface area contributed by atoms with Gasteiger partial charge in [-0.15, -0.1) is 0 Å². The van der Waals surface area contributed by atoms with Crippen molar-refractivity contribution in [2.75, 3.05) is 10.6 Å². The van der Waals surface area contributed by atoms with Crippen LogP contribution in [-0.2, 0) is 4.79 Å². The summed E-state index contributed by atoms with van der Waals surface area (Å²) in [6.45, 7) is 1.93. The molecule has 0 radical (unpaired) electrons. The molecule has 0 saturated heterocycles. The molecule has 0 atom stereocenters. The number of pyridine rings is 1. The quantitative estimate of drug-likeness (QED) is 0.647. The number of halogens is 1. The first-order valence-electron chi connectivity index (χ1n) is 6.45. The van der Waals surface area contributed by atoms with Gasteiger partial charge < -0.3 is 10.6 Å². The van der Waals surface area contributed by atoms with Gasteiger partial charge in [-0.1, -0.05) is 15.9 Å². The molecule has 6 heteroatoms. The molecule has 1 amide bonds. The van der Waals surface area contributed by atoms with E-state index in [2.05, 4.69) is 31.5 Å². The second-order valence-corrected chi connectivity index (χ2v) is 5.41. The fraction of sp³-hybridized carbons (Fsp3) is 0.0625. The first kappa shape index (κ1) is 15.7. The molecule has 0 bridgehead atoms. The highest BCUT2D eigenvalue weighted by molar-refractivity contribution is 9.10. The number of nitrogens with zero attached hydrogens (tertiary/aromatic N) is 2. The third-order valence-electron chi connectivity index (χ3n) is 2.75. The molecule has 0 unspecified atom stereocenters. The Labute approximate surface area is 136 Å². The molecule has 0 spiro atoms. The van der Waals surface area contributed by atoms with Crippen molar-refractivity contribution in [3.8, 4) is 6.07 Å². The molecule has 1 heterocycles. The molecular formula is C16H13BrN4O. The van der Waals surface area contributed by atoms with Gasteiger partial charge in [0.15, 0.2) is 0 Å². The van der Waals surface area contributed by atoms with Crippen LogP contribution in [0.15, 0.2) is 58.8 Å². The van der Waals surface area contributed by atoms with Crippen molar-refractivity contribution in [1.82, 2.24) is 4.98 Å². The maximum atomic E-state index is 12.0. The number of carbonyl (C=O) groups is 1. The molecule has 0 aliphatic carbocycles. The molecular weight excluding hydrogens is 344 g/mol. The average Bonchev–Trinajstić information content (AvgIpc) is 2.50. The van der Waals surface area contributed by atoms with E-state index in [0.29, 0.717) is 11.5 Å². The summed E-state index contributed by atoms with van der Waals surface area (Å²) in [4.78, 5) is 16.1. The van der Waals surface area contributed by atoms with E-state index in [0.717, 1.165) is 10.0 Å². The van der Waals surface area contributed by atoms with Gasteiger partial charge in [0.2, 0.25) is 0 Å². The highest BCUT2D eigenvalue weighted by Crippen LogP contribution is 2.15. The third kappa shape index (κ3) is 4.43. The zero-order chi connectivity index (χ0) is 15.9. The van der Waals surface area contributed by atoms with Crippen LogP contribution in [0.4, 0.5) is 11.5 Å². The Bertz CT molecular complexity index is 747. The minimum absolute atomic E-state index is 0.0359. The summed E-state index contributed by atoms with van der Waals surface area (Å²) in [5, 5.41) is 14.6. The standard InChI is InChI=1S/C16H13BrN4O/c1-11-6-7-19-15(8-11)20-10-12(9-18)16(22)21-14-4-2-13(17)3-5-14/h2-8,10H,1H3,(H,19,20)(H,21,22)/b12-10-. The third-order valence-corrected chi connectivity index (χ3v) is 3.28. The van der Waals surface area contributed by atoms with Crippen LogP contribution in [0.1, 0.15) is 5.56 Å². The van der Waals surface area contributed by atoms with Crippen LogP contribution in [0.25, 0.3) is 0 Å². The van der Waals surface area contributed by atoms with E-state index in [1.807, 2.05) is 25.1 Å². The van der Waals surface area contributed by atoms with Crippen LogP contribution in [-0.4, -0.2) is 10.9 Å². The monoisotopic (exact) mass is 356 g/mol. The maximum absolute atomic E-state index is 12.0. The molecule has 22 heavy (non-hydrogen) atoms. The Morgan fingerprint density at radius 2 is 2.05 bits per heavy atom. The van der Waals surface area contributed by atoms with Crippen LogP contribution in [0.2, 0.25) is 0 Å². The predicted octanol–water partition coefficient (Wildman–Crippen LogP) is 3.61. The van der Waals surface area contributed by atoms with E-state index >= 15 is 0 Å². The molecule has 2 N–H and O–H groups in total. The fourth-order valence-corrected chi connectivity index (χ4v) is 1.91. The van der Waals surface area contributed by atoms with Gasteiger partial charge in [-0.25, -0.2) is 4.98 Å². The highest BCUT2D eigenvalue weighted by atomic mass is 79.9. The highest BCUT2D eigenvalue weighted by Gasteiger charge is 2.09. The van der Waals surface area contributed by atoms with Crippen molar-refractivity contribution >= 4 is 33.3 Å². The number of hydrogen-bond acceptors (Lipinski definition) is 4. The SMILES string of the molecule is Cc1ccnc(N/C=C(/C#N)C(=O)Nc2ccc(Br)cc2)c1. The Kier molecular flexibility index (Phi) is 5.28. The first-order chi connectivity index (χ1) is 10.6. The number of nitriles is 1. The van der Waals surface area contributed by atoms with Gasteiger partial charge in [0.1, 0.15) is 17.5 Å². The van der Waals surface area contributed by atoms with Crippen molar-refractivity contribution in [3.05, 3.63) is 64.4 Å². The van der Waals surface area contributed by atoms with Crippen molar-refractivity contribution in [2.24, 2.45) is 0 Å². The van der Waals surface area contributed by atoms with E-state index in [-0.39, 0.29) is 5.57 Å². The summed E-state index contributed by atoms with van der Waals surface area (Å²) in [5.74, 6) is 0.0918. The number of nitrogens with one attached hydrogen (secondary N) is 2. The second-order valence-electron chi connectivity index (χ2n) is 4.49. The second kappa shape index (κ2) is 7.38. The molecule has 0 fully saturated rings. The molecule has 2 rings (SSSR count). The van der Waals surface area contributed by atoms with Gasteiger partial charge in [0.05, 0.1) is 0 Å². The molecule has 110 valence electrons. The number of carbonyl (C=O) groups excluding carboxylic acids is 1. The van der Waals surface area contributed by atoms with E-state index in [1.165, 1.54) is 6.20 Å². The summed E-state index contributed by atoms with van der Waals surface area (Å²) in [5.41, 5.74) is 1.61. The molecule has 2 aromatic rings. The Hall–Kier alpha value is -2.65. The summed E-state index contributed by atoms with van der Waals surface area (Å²) in [6.07, 6.45) is 3.00. The number of rotatable bonds is 4. The van der Waals surface area contributed by atoms with Crippen molar-refractivity contribution < 1.29 is 4.79 Å². The lowest BCUT2D eigenvalue weighted by Crippen LogP contribution is -2.14. The zero-order valence-electron chi connectivity index (χ0n) is 11.8. The van der Waals surface area contributed by atoms with Gasteiger partial charge in [0, 0.05) is 22.6 Å². The largest absolute Gasteiger partial charge is 0.345 e. The van der Waals surface area contributed by atoms with Crippen molar-refractivity contribution in [1.29, 1.82) is 5.26 Å². The van der Waals surface area contributed by atoms with E-state index in [1.54, 1.807) is 30.5 Å². The molecule has 1 aromatic carbocycles. The number of aromatic nitrogens is 1. The van der Waals surface area contributed by atoms with Gasteiger partial charge in [-0.05, 0) is 48.9 Å². The number of aryl methyl sites for hydroxylation is 1. The number of amides is 1. The van der Waals surface area contributed by atoms with Gasteiger partial charge in [-0.2, -0.15) is 5.26 Å². The molecule has 0 aliphatic rings. The normalized spacial score (nSPS) is 10.7. The molecule has 0 saturated carbocycles. The first-order valence-corrected chi connectivity index (χ1v) is 7.24. The van der Waals surface area contributed by atoms with E-state index < -0.39 is 5.91 Å². The zero-order valence-corrected chi connectivity index (χ0v) is 13.4. The van der Waals surface area contributed by atoms with Gasteiger partial charge >= 0.3 is 0 Å².